The van der Waals surface area contributed by atoms with E-state index in [-0.39, 0.29) is 22.6 Å². The summed E-state index contributed by atoms with van der Waals surface area (Å²) in [6.45, 7) is 8.07. The second kappa shape index (κ2) is 10.1. The van der Waals surface area contributed by atoms with E-state index in [1.807, 2.05) is 13.8 Å². The average molecular weight is 378 g/mol. The molecule has 1 rings (SSSR count). The predicted molar refractivity (Wildman–Crippen MR) is 102 cm³/mol. The molecule has 0 spiro atoms. The minimum atomic E-state index is -1.30. The Bertz CT molecular complexity index is 675. The third-order valence-electron chi connectivity index (χ3n) is 5.35. The first-order valence-corrected chi connectivity index (χ1v) is 9.60. The molecule has 0 bridgehead atoms. The van der Waals surface area contributed by atoms with Crippen molar-refractivity contribution < 1.29 is 29.3 Å². The van der Waals surface area contributed by atoms with Crippen molar-refractivity contribution in [2.24, 2.45) is 5.92 Å². The summed E-state index contributed by atoms with van der Waals surface area (Å²) in [4.78, 5) is 35.6. The molecule has 6 heteroatoms. The number of ether oxygens (including phenoxy) is 1. The molecule has 150 valence electrons. The highest BCUT2D eigenvalue weighted by Crippen LogP contribution is 2.36. The van der Waals surface area contributed by atoms with Crippen molar-refractivity contribution in [3.8, 4) is 0 Å². The molecular formula is C21H30O6. The molecule has 0 aliphatic rings. The minimum Gasteiger partial charge on any atom is -0.478 e. The van der Waals surface area contributed by atoms with Gasteiger partial charge < -0.3 is 14.9 Å². The van der Waals surface area contributed by atoms with Crippen molar-refractivity contribution in [2.45, 2.75) is 71.8 Å². The van der Waals surface area contributed by atoms with E-state index in [9.17, 15) is 19.5 Å². The number of carboxylic acids is 2. The van der Waals surface area contributed by atoms with Crippen LogP contribution < -0.4 is 0 Å². The lowest BCUT2D eigenvalue weighted by Crippen LogP contribution is -2.42. The highest BCUT2D eigenvalue weighted by Gasteiger charge is 2.39. The Labute approximate surface area is 160 Å². The van der Waals surface area contributed by atoms with Gasteiger partial charge in [-0.3, -0.25) is 0 Å². The van der Waals surface area contributed by atoms with Crippen molar-refractivity contribution in [1.29, 1.82) is 0 Å². The van der Waals surface area contributed by atoms with Gasteiger partial charge in [0.2, 0.25) is 0 Å². The van der Waals surface area contributed by atoms with Gasteiger partial charge in [0.25, 0.3) is 0 Å². The summed E-state index contributed by atoms with van der Waals surface area (Å²) in [6.07, 6.45) is 5.04. The van der Waals surface area contributed by atoms with E-state index >= 15 is 0 Å². The van der Waals surface area contributed by atoms with Crippen LogP contribution in [-0.4, -0.2) is 33.7 Å². The maximum atomic E-state index is 12.9. The molecule has 1 atom stereocenters. The van der Waals surface area contributed by atoms with Gasteiger partial charge in [-0.1, -0.05) is 40.5 Å². The molecule has 0 aliphatic heterocycles. The third-order valence-corrected chi connectivity index (χ3v) is 5.35. The predicted octanol–water partition coefficient (Wildman–Crippen LogP) is 5.02. The molecule has 6 nitrogen and oxygen atoms in total. The quantitative estimate of drug-likeness (QED) is 0.525. The van der Waals surface area contributed by atoms with E-state index in [0.29, 0.717) is 12.8 Å². The first-order chi connectivity index (χ1) is 12.8. The van der Waals surface area contributed by atoms with Crippen LogP contribution in [0.5, 0.6) is 0 Å². The number of carboxylic acid groups (broad SMARTS) is 2. The summed E-state index contributed by atoms with van der Waals surface area (Å²) in [5.74, 6) is -3.15. The van der Waals surface area contributed by atoms with Crippen LogP contribution in [0, 0.1) is 5.92 Å². The summed E-state index contributed by atoms with van der Waals surface area (Å²) in [5, 5.41) is 18.5. The largest absolute Gasteiger partial charge is 0.478 e. The number of rotatable bonds is 11. The monoisotopic (exact) mass is 378 g/mol. The zero-order valence-electron chi connectivity index (χ0n) is 16.6. The number of esters is 1. The topological polar surface area (TPSA) is 101 Å². The van der Waals surface area contributed by atoms with Crippen molar-refractivity contribution >= 4 is 17.9 Å². The number of aromatic carboxylic acids is 2. The van der Waals surface area contributed by atoms with Gasteiger partial charge in [-0.2, -0.15) is 0 Å². The SMILES string of the molecule is CCCCC(CC)C(CC)(CC)OC(=O)c1cc(C(=O)O)ccc1C(=O)O. The Morgan fingerprint density at radius 1 is 1.00 bits per heavy atom. The van der Waals surface area contributed by atoms with E-state index in [0.717, 1.165) is 37.8 Å². The first-order valence-electron chi connectivity index (χ1n) is 9.60. The van der Waals surface area contributed by atoms with Crippen LogP contribution in [0.2, 0.25) is 0 Å². The zero-order valence-corrected chi connectivity index (χ0v) is 16.6. The Morgan fingerprint density at radius 3 is 2.07 bits per heavy atom. The van der Waals surface area contributed by atoms with Crippen LogP contribution in [0.1, 0.15) is 97.3 Å². The van der Waals surface area contributed by atoms with Crippen LogP contribution in [0.3, 0.4) is 0 Å². The maximum absolute atomic E-state index is 12.9. The smallest absolute Gasteiger partial charge is 0.339 e. The first kappa shape index (κ1) is 22.7. The van der Waals surface area contributed by atoms with Crippen LogP contribution in [0.15, 0.2) is 18.2 Å². The Morgan fingerprint density at radius 2 is 1.63 bits per heavy atom. The molecule has 2 N–H and O–H groups in total. The normalized spacial score (nSPS) is 12.4. The lowest BCUT2D eigenvalue weighted by Gasteiger charge is -2.39. The number of carbonyl (C=O) groups is 3. The molecule has 0 radical (unpaired) electrons. The van der Waals surface area contributed by atoms with Crippen LogP contribution in [0.25, 0.3) is 0 Å². The maximum Gasteiger partial charge on any atom is 0.339 e. The molecule has 0 heterocycles. The van der Waals surface area contributed by atoms with Crippen molar-refractivity contribution in [2.75, 3.05) is 0 Å². The molecular weight excluding hydrogens is 348 g/mol. The molecule has 27 heavy (non-hydrogen) atoms. The van der Waals surface area contributed by atoms with E-state index in [4.69, 9.17) is 9.84 Å². The van der Waals surface area contributed by atoms with E-state index in [1.54, 1.807) is 0 Å². The number of carbonyl (C=O) groups excluding carboxylic acids is 1. The summed E-state index contributed by atoms with van der Waals surface area (Å²) in [5.41, 5.74) is -1.33. The van der Waals surface area contributed by atoms with Crippen molar-refractivity contribution in [3.05, 3.63) is 34.9 Å². The molecule has 0 aromatic heterocycles. The number of unbranched alkanes of at least 4 members (excludes halogenated alkanes) is 1. The van der Waals surface area contributed by atoms with Crippen molar-refractivity contribution in [1.82, 2.24) is 0 Å². The van der Waals surface area contributed by atoms with Gasteiger partial charge >= 0.3 is 17.9 Å². The molecule has 0 saturated heterocycles. The average Bonchev–Trinajstić information content (AvgIpc) is 2.66. The van der Waals surface area contributed by atoms with Crippen molar-refractivity contribution in [3.63, 3.8) is 0 Å². The Balaban J connectivity index is 3.31. The second-order valence-electron chi connectivity index (χ2n) is 6.78. The van der Waals surface area contributed by atoms with Gasteiger partial charge in [-0.25, -0.2) is 14.4 Å². The van der Waals surface area contributed by atoms with Gasteiger partial charge in [0.1, 0.15) is 5.60 Å². The summed E-state index contributed by atoms with van der Waals surface area (Å²) in [7, 11) is 0. The van der Waals surface area contributed by atoms with Gasteiger partial charge in [-0.15, -0.1) is 0 Å². The standard InChI is InChI=1S/C21H30O6/c1-5-9-10-15(6-2)21(7-3,8-4)27-20(26)17-13-14(18(22)23)11-12-16(17)19(24)25/h11-13,15H,5-10H2,1-4H3,(H,22,23)(H,24,25). The fourth-order valence-electron chi connectivity index (χ4n) is 3.62. The summed E-state index contributed by atoms with van der Waals surface area (Å²) >= 11 is 0. The Hall–Kier alpha value is -2.37. The molecule has 1 unspecified atom stereocenters. The number of hydrogen-bond acceptors (Lipinski definition) is 4. The van der Waals surface area contributed by atoms with Gasteiger partial charge in [0.15, 0.2) is 0 Å². The molecule has 0 amide bonds. The van der Waals surface area contributed by atoms with E-state index in [2.05, 4.69) is 13.8 Å². The summed E-state index contributed by atoms with van der Waals surface area (Å²) in [6, 6.07) is 3.39. The fraction of sp³-hybridized carbons (Fsp3) is 0.571. The minimum absolute atomic E-state index is 0.149. The molecule has 0 fully saturated rings. The van der Waals surface area contributed by atoms with Gasteiger partial charge in [0, 0.05) is 0 Å². The second-order valence-corrected chi connectivity index (χ2v) is 6.78. The lowest BCUT2D eigenvalue weighted by atomic mass is 9.78. The lowest BCUT2D eigenvalue weighted by molar-refractivity contribution is -0.0606. The fourth-order valence-corrected chi connectivity index (χ4v) is 3.62. The highest BCUT2D eigenvalue weighted by atomic mass is 16.6. The van der Waals surface area contributed by atoms with Crippen LogP contribution in [0.4, 0.5) is 0 Å². The number of benzene rings is 1. The van der Waals surface area contributed by atoms with Gasteiger partial charge in [-0.05, 0) is 49.8 Å². The molecule has 1 aromatic rings. The van der Waals surface area contributed by atoms with E-state index < -0.39 is 23.5 Å². The number of hydrogen-bond donors (Lipinski definition) is 2. The van der Waals surface area contributed by atoms with Crippen LogP contribution >= 0.6 is 0 Å². The molecule has 0 saturated carbocycles. The Kier molecular flexibility index (Phi) is 8.47. The summed E-state index contributed by atoms with van der Waals surface area (Å²) < 4.78 is 5.90. The highest BCUT2D eigenvalue weighted by molar-refractivity contribution is 6.04. The molecule has 0 aliphatic carbocycles. The van der Waals surface area contributed by atoms with E-state index in [1.165, 1.54) is 6.07 Å². The molecule has 1 aromatic carbocycles. The van der Waals surface area contributed by atoms with Crippen LogP contribution in [-0.2, 0) is 4.74 Å². The van der Waals surface area contributed by atoms with Gasteiger partial charge in [0.05, 0.1) is 16.7 Å². The third kappa shape index (κ3) is 5.31. The zero-order chi connectivity index (χ0) is 20.6.